The second-order valence-corrected chi connectivity index (χ2v) is 7.51. The molecule has 1 atom stereocenters. The first-order valence-corrected chi connectivity index (χ1v) is 10.4. The van der Waals surface area contributed by atoms with Crippen molar-refractivity contribution in [2.24, 2.45) is 4.99 Å². The molecule has 8 heteroatoms. The number of aryl methyl sites for hydroxylation is 2. The van der Waals surface area contributed by atoms with Gasteiger partial charge in [-0.1, -0.05) is 18.1 Å². The largest absolute Gasteiger partial charge is 0.497 e. The lowest BCUT2D eigenvalue weighted by Crippen LogP contribution is -2.52. The lowest BCUT2D eigenvalue weighted by molar-refractivity contribution is 0.371. The molecule has 2 heterocycles. The monoisotopic (exact) mass is 527 g/mol. The zero-order valence-electron chi connectivity index (χ0n) is 18.6. The molecule has 1 saturated heterocycles. The molecule has 0 saturated carbocycles. The van der Waals surface area contributed by atoms with E-state index >= 15 is 0 Å². The minimum absolute atomic E-state index is 0. The molecule has 0 aliphatic carbocycles. The first-order valence-electron chi connectivity index (χ1n) is 10.4. The number of aliphatic imine (C=N–C) groups is 1. The third kappa shape index (κ3) is 5.80. The molecule has 0 amide bonds. The number of nitrogens with zero attached hydrogens (tertiary/aromatic N) is 4. The van der Waals surface area contributed by atoms with Gasteiger partial charge in [-0.2, -0.15) is 0 Å². The summed E-state index contributed by atoms with van der Waals surface area (Å²) in [6.45, 7) is 13.6. The fraction of sp³-hybridized carbons (Fsp3) is 0.545. The number of hydrogen-bond donors (Lipinski definition) is 1. The zero-order valence-corrected chi connectivity index (χ0v) is 21.0. The smallest absolute Gasteiger partial charge is 0.194 e. The number of benzene rings is 1. The van der Waals surface area contributed by atoms with E-state index in [0.29, 0.717) is 6.54 Å². The first-order chi connectivity index (χ1) is 14.0. The molecule has 3 rings (SSSR count). The summed E-state index contributed by atoms with van der Waals surface area (Å²) in [4.78, 5) is 9.67. The van der Waals surface area contributed by atoms with Crippen molar-refractivity contribution < 1.29 is 9.26 Å². The van der Waals surface area contributed by atoms with E-state index in [2.05, 4.69) is 46.3 Å². The third-order valence-electron chi connectivity index (χ3n) is 5.43. The van der Waals surface area contributed by atoms with Crippen molar-refractivity contribution in [3.05, 3.63) is 41.3 Å². The summed E-state index contributed by atoms with van der Waals surface area (Å²) in [7, 11) is 1.71. The molecule has 1 aromatic heterocycles. The van der Waals surface area contributed by atoms with Gasteiger partial charge < -0.3 is 24.4 Å². The van der Waals surface area contributed by atoms with E-state index in [1.807, 2.05) is 26.0 Å². The Morgan fingerprint density at radius 3 is 2.60 bits per heavy atom. The maximum absolute atomic E-state index is 5.36. The van der Waals surface area contributed by atoms with Crippen molar-refractivity contribution in [3.8, 4) is 5.75 Å². The molecule has 1 aliphatic rings. The van der Waals surface area contributed by atoms with Crippen LogP contribution < -0.4 is 15.0 Å². The quantitative estimate of drug-likeness (QED) is 0.350. The lowest BCUT2D eigenvalue weighted by atomic mass is 10.00. The van der Waals surface area contributed by atoms with Gasteiger partial charge in [-0.3, -0.25) is 4.99 Å². The Hall–Kier alpha value is -1.97. The Morgan fingerprint density at radius 1 is 1.27 bits per heavy atom. The minimum Gasteiger partial charge on any atom is -0.497 e. The molecule has 0 radical (unpaired) electrons. The van der Waals surface area contributed by atoms with E-state index in [4.69, 9.17) is 14.3 Å². The summed E-state index contributed by atoms with van der Waals surface area (Å²) in [5.41, 5.74) is 3.34. The first kappa shape index (κ1) is 24.3. The van der Waals surface area contributed by atoms with Gasteiger partial charge in [-0.05, 0) is 32.9 Å². The molecule has 166 valence electrons. The molecule has 1 N–H and O–H groups in total. The summed E-state index contributed by atoms with van der Waals surface area (Å²) in [5, 5.41) is 7.53. The van der Waals surface area contributed by atoms with Gasteiger partial charge in [0.2, 0.25) is 0 Å². The average Bonchev–Trinajstić information content (AvgIpc) is 3.09. The van der Waals surface area contributed by atoms with Gasteiger partial charge in [-0.25, -0.2) is 0 Å². The molecular formula is C22H34IN5O2. The average molecular weight is 527 g/mol. The van der Waals surface area contributed by atoms with Gasteiger partial charge in [-0.15, -0.1) is 24.0 Å². The van der Waals surface area contributed by atoms with Crippen LogP contribution in [0.3, 0.4) is 0 Å². The molecule has 1 aromatic carbocycles. The standard InChI is InChI=1S/C22H33N5O2.HI/c1-6-23-22(24-15-16(2)21-17(3)25-29-18(21)4)27-12-10-26(11-13-27)19-8-7-9-20(14-19)28-5;/h7-9,14,16H,6,10-13,15H2,1-5H3,(H,23,24);1H. The van der Waals surface area contributed by atoms with Gasteiger partial charge in [0, 0.05) is 62.5 Å². The number of piperazine rings is 1. The molecule has 1 fully saturated rings. The summed E-state index contributed by atoms with van der Waals surface area (Å²) in [6, 6.07) is 8.26. The number of methoxy groups -OCH3 is 1. The molecule has 1 aliphatic heterocycles. The van der Waals surface area contributed by atoms with Crippen LogP contribution in [0.4, 0.5) is 5.69 Å². The van der Waals surface area contributed by atoms with Gasteiger partial charge in [0.15, 0.2) is 5.96 Å². The van der Waals surface area contributed by atoms with E-state index in [1.54, 1.807) is 7.11 Å². The molecular weight excluding hydrogens is 493 g/mol. The van der Waals surface area contributed by atoms with Crippen molar-refractivity contribution >= 4 is 35.6 Å². The van der Waals surface area contributed by atoms with Crippen LogP contribution in [0.1, 0.15) is 36.8 Å². The van der Waals surface area contributed by atoms with Gasteiger partial charge in [0.1, 0.15) is 11.5 Å². The number of halogens is 1. The summed E-state index contributed by atoms with van der Waals surface area (Å²) in [6.07, 6.45) is 0. The summed E-state index contributed by atoms with van der Waals surface area (Å²) < 4.78 is 10.7. The summed E-state index contributed by atoms with van der Waals surface area (Å²) >= 11 is 0. The van der Waals surface area contributed by atoms with Gasteiger partial charge in [0.05, 0.1) is 12.8 Å². The van der Waals surface area contributed by atoms with E-state index in [9.17, 15) is 0 Å². The van der Waals surface area contributed by atoms with Crippen LogP contribution in [-0.2, 0) is 0 Å². The van der Waals surface area contributed by atoms with Crippen LogP contribution >= 0.6 is 24.0 Å². The fourth-order valence-corrected chi connectivity index (χ4v) is 3.92. The Labute approximate surface area is 196 Å². The number of guanidine groups is 1. The van der Waals surface area contributed by atoms with Crippen LogP contribution in [-0.4, -0.2) is 62.4 Å². The van der Waals surface area contributed by atoms with Crippen molar-refractivity contribution in [2.75, 3.05) is 51.3 Å². The van der Waals surface area contributed by atoms with Crippen LogP contribution in [0, 0.1) is 13.8 Å². The molecule has 2 aromatic rings. The normalized spacial score (nSPS) is 15.6. The maximum atomic E-state index is 5.36. The maximum Gasteiger partial charge on any atom is 0.194 e. The molecule has 0 spiro atoms. The highest BCUT2D eigenvalue weighted by atomic mass is 127. The molecule has 0 bridgehead atoms. The number of nitrogens with one attached hydrogen (secondary N) is 1. The molecule has 7 nitrogen and oxygen atoms in total. The van der Waals surface area contributed by atoms with E-state index in [1.165, 1.54) is 11.3 Å². The number of anilines is 1. The molecule has 1 unspecified atom stereocenters. The summed E-state index contributed by atoms with van der Waals surface area (Å²) in [5.74, 6) is 3.04. The van der Waals surface area contributed by atoms with E-state index < -0.39 is 0 Å². The van der Waals surface area contributed by atoms with Crippen molar-refractivity contribution in [1.82, 2.24) is 15.4 Å². The fourth-order valence-electron chi connectivity index (χ4n) is 3.92. The van der Waals surface area contributed by atoms with Crippen LogP contribution in [0.2, 0.25) is 0 Å². The highest BCUT2D eigenvalue weighted by Crippen LogP contribution is 2.24. The highest BCUT2D eigenvalue weighted by Gasteiger charge is 2.21. The van der Waals surface area contributed by atoms with Gasteiger partial charge >= 0.3 is 0 Å². The second kappa shape index (κ2) is 11.4. The Balaban J connectivity index is 0.00000320. The van der Waals surface area contributed by atoms with E-state index in [-0.39, 0.29) is 29.9 Å². The lowest BCUT2D eigenvalue weighted by Gasteiger charge is -2.38. The zero-order chi connectivity index (χ0) is 20.8. The Bertz CT molecular complexity index is 811. The predicted molar refractivity (Wildman–Crippen MR) is 133 cm³/mol. The van der Waals surface area contributed by atoms with Gasteiger partial charge in [0.25, 0.3) is 0 Å². The second-order valence-electron chi connectivity index (χ2n) is 7.51. The van der Waals surface area contributed by atoms with Crippen LogP contribution in [0.15, 0.2) is 33.8 Å². The highest BCUT2D eigenvalue weighted by molar-refractivity contribution is 14.0. The van der Waals surface area contributed by atoms with Crippen molar-refractivity contribution in [2.45, 2.75) is 33.6 Å². The number of rotatable bonds is 6. The van der Waals surface area contributed by atoms with Crippen molar-refractivity contribution in [1.29, 1.82) is 0 Å². The predicted octanol–water partition coefficient (Wildman–Crippen LogP) is 3.81. The van der Waals surface area contributed by atoms with Crippen LogP contribution in [0.5, 0.6) is 5.75 Å². The third-order valence-corrected chi connectivity index (χ3v) is 5.43. The number of hydrogen-bond acceptors (Lipinski definition) is 5. The number of aromatic nitrogens is 1. The minimum atomic E-state index is 0. The van der Waals surface area contributed by atoms with E-state index in [0.717, 1.165) is 55.9 Å². The SMILES string of the molecule is CCNC(=NCC(C)c1c(C)noc1C)N1CCN(c2cccc(OC)c2)CC1.I. The Kier molecular flexibility index (Phi) is 9.26. The van der Waals surface area contributed by atoms with Crippen molar-refractivity contribution in [3.63, 3.8) is 0 Å². The van der Waals surface area contributed by atoms with Crippen LogP contribution in [0.25, 0.3) is 0 Å². The molecule has 30 heavy (non-hydrogen) atoms. The topological polar surface area (TPSA) is 66.1 Å². The number of ether oxygens (including phenoxy) is 1. The Morgan fingerprint density at radius 2 is 2.00 bits per heavy atom.